The molecular formula is C25H22N4O4. The van der Waals surface area contributed by atoms with Crippen molar-refractivity contribution >= 4 is 11.6 Å². The van der Waals surface area contributed by atoms with E-state index in [2.05, 4.69) is 36.1 Å². The van der Waals surface area contributed by atoms with Gasteiger partial charge in [-0.25, -0.2) is 0 Å². The van der Waals surface area contributed by atoms with Crippen LogP contribution in [0.1, 0.15) is 54.1 Å². The quantitative estimate of drug-likeness (QED) is 0.488. The maximum atomic E-state index is 13.7. The van der Waals surface area contributed by atoms with E-state index in [1.165, 1.54) is 6.26 Å². The third-order valence-corrected chi connectivity index (χ3v) is 6.11. The molecule has 0 bridgehead atoms. The lowest BCUT2D eigenvalue weighted by Gasteiger charge is -2.29. The number of carbonyl (C=O) groups excluding carboxylic acids is 1. The number of H-pyrrole nitrogens is 1. The maximum Gasteiger partial charge on any atom is 0.280 e. The molecule has 1 unspecified atom stereocenters. The zero-order valence-electron chi connectivity index (χ0n) is 18.5. The predicted molar refractivity (Wildman–Crippen MR) is 120 cm³/mol. The molecule has 1 N–H and O–H groups in total. The Morgan fingerprint density at radius 3 is 2.61 bits per heavy atom. The minimum absolute atomic E-state index is 0.157. The normalized spacial score (nSPS) is 17.0. The number of hydrogen-bond acceptors (Lipinski definition) is 6. The number of aromatic amines is 1. The smallest absolute Gasteiger partial charge is 0.280 e. The Morgan fingerprint density at radius 1 is 1.06 bits per heavy atom. The molecule has 6 rings (SSSR count). The lowest BCUT2D eigenvalue weighted by Crippen LogP contribution is -2.30. The van der Waals surface area contributed by atoms with Crippen molar-refractivity contribution in [2.24, 2.45) is 0 Å². The van der Waals surface area contributed by atoms with Gasteiger partial charge in [0.05, 0.1) is 6.04 Å². The molecule has 2 aromatic carbocycles. The summed E-state index contributed by atoms with van der Waals surface area (Å²) < 4.78 is 16.4. The Balaban J connectivity index is 1.53. The van der Waals surface area contributed by atoms with Crippen LogP contribution in [0.5, 0.6) is 11.5 Å². The lowest BCUT2D eigenvalue weighted by atomic mass is 9.85. The van der Waals surface area contributed by atoms with Crippen LogP contribution in [0.15, 0.2) is 59.3 Å². The van der Waals surface area contributed by atoms with Crippen molar-refractivity contribution in [3.63, 3.8) is 0 Å². The summed E-state index contributed by atoms with van der Waals surface area (Å²) in [4.78, 5) is 15.5. The molecule has 2 aliphatic heterocycles. The third-order valence-electron chi connectivity index (χ3n) is 6.11. The number of anilines is 1. The van der Waals surface area contributed by atoms with Crippen LogP contribution in [0.3, 0.4) is 0 Å². The number of nitrogens with zero attached hydrogens (tertiary/aromatic N) is 3. The largest absolute Gasteiger partial charge is 0.454 e. The fourth-order valence-electron chi connectivity index (χ4n) is 4.60. The molecule has 2 aliphatic rings. The highest BCUT2D eigenvalue weighted by Gasteiger charge is 2.46. The molecule has 8 heteroatoms. The highest BCUT2D eigenvalue weighted by atomic mass is 16.7. The number of aromatic nitrogens is 3. The topological polar surface area (TPSA) is 93.5 Å². The van der Waals surface area contributed by atoms with Crippen molar-refractivity contribution in [1.29, 1.82) is 0 Å². The van der Waals surface area contributed by atoms with Gasteiger partial charge in [-0.05, 0) is 18.2 Å². The van der Waals surface area contributed by atoms with Crippen molar-refractivity contribution in [3.8, 4) is 22.8 Å². The average Bonchev–Trinajstić information content (AvgIpc) is 3.58. The van der Waals surface area contributed by atoms with Gasteiger partial charge >= 0.3 is 0 Å². The van der Waals surface area contributed by atoms with Crippen LogP contribution in [-0.2, 0) is 5.41 Å². The van der Waals surface area contributed by atoms with E-state index in [-0.39, 0.29) is 18.1 Å². The molecule has 4 heterocycles. The van der Waals surface area contributed by atoms with Gasteiger partial charge in [0, 0.05) is 39.6 Å². The number of amides is 1. The van der Waals surface area contributed by atoms with Crippen molar-refractivity contribution in [1.82, 2.24) is 15.4 Å². The van der Waals surface area contributed by atoms with E-state index in [0.29, 0.717) is 17.2 Å². The number of carbonyl (C=O) groups is 1. The van der Waals surface area contributed by atoms with E-state index in [0.717, 1.165) is 33.8 Å². The fourth-order valence-corrected chi connectivity index (χ4v) is 4.60. The summed E-state index contributed by atoms with van der Waals surface area (Å²) in [7, 11) is 0. The maximum absolute atomic E-state index is 13.7. The summed E-state index contributed by atoms with van der Waals surface area (Å²) in [5.41, 5.74) is 5.26. The highest BCUT2D eigenvalue weighted by Crippen LogP contribution is 2.50. The molecule has 1 atom stereocenters. The summed E-state index contributed by atoms with van der Waals surface area (Å²) in [6.45, 7) is 6.47. The van der Waals surface area contributed by atoms with Gasteiger partial charge in [-0.2, -0.15) is 5.10 Å². The molecule has 4 aromatic rings. The molecule has 1 amide bonds. The second-order valence-corrected chi connectivity index (χ2v) is 9.20. The van der Waals surface area contributed by atoms with Crippen LogP contribution in [0.25, 0.3) is 11.3 Å². The lowest BCUT2D eigenvalue weighted by molar-refractivity contribution is 0.0988. The van der Waals surface area contributed by atoms with E-state index >= 15 is 0 Å². The van der Waals surface area contributed by atoms with Crippen molar-refractivity contribution in [2.75, 3.05) is 11.7 Å². The van der Waals surface area contributed by atoms with Gasteiger partial charge in [-0.15, -0.1) is 0 Å². The van der Waals surface area contributed by atoms with Crippen LogP contribution in [0.4, 0.5) is 5.69 Å². The predicted octanol–water partition coefficient (Wildman–Crippen LogP) is 4.84. The van der Waals surface area contributed by atoms with Crippen molar-refractivity contribution in [3.05, 3.63) is 77.3 Å². The van der Waals surface area contributed by atoms with Crippen LogP contribution in [-0.4, -0.2) is 28.1 Å². The number of ether oxygens (including phenoxy) is 2. The summed E-state index contributed by atoms with van der Waals surface area (Å²) in [5, 5.41) is 11.6. The Morgan fingerprint density at radius 2 is 1.88 bits per heavy atom. The Bertz CT molecular complexity index is 1350. The Labute approximate surface area is 190 Å². The summed E-state index contributed by atoms with van der Waals surface area (Å²) in [6.07, 6.45) is 1.54. The SMILES string of the molecule is CC(C)(C)c1[nH]nc2c1C(c1cccc3c1OCO3)N(c1ccc(-c3ccon3)cc1)C2=O. The standard InChI is InChI=1S/C25H22N4O4/c1-25(2,3)23-19-20(26-27-23)24(30)29(15-9-7-14(8-10-15)17-11-12-33-28-17)21(19)16-5-4-6-18-22(16)32-13-31-18/h4-12,21H,13H2,1-3H3,(H,26,27). The molecule has 0 saturated carbocycles. The number of rotatable bonds is 3. The van der Waals surface area contributed by atoms with Gasteiger partial charge in [0.2, 0.25) is 6.79 Å². The Hall–Kier alpha value is -4.07. The van der Waals surface area contributed by atoms with Gasteiger partial charge in [0.1, 0.15) is 12.0 Å². The van der Waals surface area contributed by atoms with Crippen molar-refractivity contribution in [2.45, 2.75) is 32.2 Å². The number of benzene rings is 2. The molecule has 8 nitrogen and oxygen atoms in total. The van der Waals surface area contributed by atoms with Gasteiger partial charge in [0.15, 0.2) is 17.2 Å². The number of nitrogens with one attached hydrogen (secondary N) is 1. The minimum Gasteiger partial charge on any atom is -0.454 e. The molecule has 0 fully saturated rings. The minimum atomic E-state index is -0.407. The molecule has 0 saturated heterocycles. The number of fused-ring (bicyclic) bond motifs is 2. The molecule has 0 aliphatic carbocycles. The molecule has 33 heavy (non-hydrogen) atoms. The van der Waals surface area contributed by atoms with Crippen LogP contribution >= 0.6 is 0 Å². The molecular weight excluding hydrogens is 420 g/mol. The first-order valence-corrected chi connectivity index (χ1v) is 10.7. The molecule has 0 spiro atoms. The van der Waals surface area contributed by atoms with E-state index in [9.17, 15) is 4.79 Å². The van der Waals surface area contributed by atoms with Crippen LogP contribution in [0.2, 0.25) is 0 Å². The zero-order chi connectivity index (χ0) is 22.7. The fraction of sp³-hybridized carbons (Fsp3) is 0.240. The molecule has 166 valence electrons. The Kier molecular flexibility index (Phi) is 4.14. The second kappa shape index (κ2) is 6.96. The monoisotopic (exact) mass is 442 g/mol. The highest BCUT2D eigenvalue weighted by molar-refractivity contribution is 6.11. The van der Waals surface area contributed by atoms with Gasteiger partial charge in [-0.1, -0.05) is 50.2 Å². The summed E-state index contributed by atoms with van der Waals surface area (Å²) in [5.74, 6) is 1.18. The van der Waals surface area contributed by atoms with Gasteiger partial charge in [-0.3, -0.25) is 14.8 Å². The van der Waals surface area contributed by atoms with E-state index in [4.69, 9.17) is 14.0 Å². The van der Waals surface area contributed by atoms with E-state index < -0.39 is 6.04 Å². The van der Waals surface area contributed by atoms with Crippen LogP contribution in [0, 0.1) is 0 Å². The summed E-state index contributed by atoms with van der Waals surface area (Å²) in [6, 6.07) is 14.9. The summed E-state index contributed by atoms with van der Waals surface area (Å²) >= 11 is 0. The first kappa shape index (κ1) is 19.6. The second-order valence-electron chi connectivity index (χ2n) is 9.20. The van der Waals surface area contributed by atoms with E-state index in [1.54, 1.807) is 11.0 Å². The van der Waals surface area contributed by atoms with Crippen LogP contribution < -0.4 is 14.4 Å². The third kappa shape index (κ3) is 2.94. The number of para-hydroxylation sites is 1. The van der Waals surface area contributed by atoms with Crippen molar-refractivity contribution < 1.29 is 18.8 Å². The molecule has 0 radical (unpaired) electrons. The molecule has 2 aromatic heterocycles. The number of hydrogen-bond donors (Lipinski definition) is 1. The first-order chi connectivity index (χ1) is 15.9. The van der Waals surface area contributed by atoms with E-state index in [1.807, 2.05) is 42.5 Å². The average molecular weight is 442 g/mol. The first-order valence-electron chi connectivity index (χ1n) is 10.7. The van der Waals surface area contributed by atoms with Gasteiger partial charge in [0.25, 0.3) is 5.91 Å². The zero-order valence-corrected chi connectivity index (χ0v) is 18.5. The van der Waals surface area contributed by atoms with Gasteiger partial charge < -0.3 is 14.0 Å².